The van der Waals surface area contributed by atoms with Gasteiger partial charge in [0, 0.05) is 33.2 Å². The van der Waals surface area contributed by atoms with Crippen molar-refractivity contribution in [3.63, 3.8) is 0 Å². The number of rotatable bonds is 10. The van der Waals surface area contributed by atoms with Crippen LogP contribution >= 0.6 is 0 Å². The average molecular weight is 431 g/mol. The first kappa shape index (κ1) is 23.7. The quantitative estimate of drug-likeness (QED) is 0.493. The number of nitrogens with zero attached hydrogens (tertiary/aromatic N) is 1. The van der Waals surface area contributed by atoms with E-state index in [0.717, 1.165) is 44.3 Å². The fraction of sp³-hybridized carbons (Fsp3) is 0.667. The van der Waals surface area contributed by atoms with Crippen molar-refractivity contribution < 1.29 is 14.3 Å². The monoisotopic (exact) mass is 430 g/mol. The SMILES string of the molecule is COC1CCCCN1CCCNC(=O)[C@@H](Cc1ccccc1)NC(=O)C1(N)CCCC1. The van der Waals surface area contributed by atoms with E-state index in [1.54, 1.807) is 7.11 Å². The molecule has 2 amide bonds. The molecule has 0 bridgehead atoms. The standard InChI is InChI=1S/C24H38N4O3/c1-31-21-12-5-8-16-28(21)17-9-15-26-22(29)20(18-19-10-3-2-4-11-19)27-23(30)24(25)13-6-7-14-24/h2-4,10-11,20-21H,5-9,12-18,25H2,1H3,(H,26,29)(H,27,30)/t20-,21?/m1/s1. The fourth-order valence-electron chi connectivity index (χ4n) is 4.69. The Balaban J connectivity index is 1.53. The maximum absolute atomic E-state index is 13.0. The number of carbonyl (C=O) groups is 2. The highest BCUT2D eigenvalue weighted by Gasteiger charge is 2.38. The number of hydrogen-bond donors (Lipinski definition) is 3. The molecule has 172 valence electrons. The largest absolute Gasteiger partial charge is 0.366 e. The third-order valence-corrected chi connectivity index (χ3v) is 6.60. The molecule has 7 heteroatoms. The van der Waals surface area contributed by atoms with E-state index >= 15 is 0 Å². The zero-order valence-electron chi connectivity index (χ0n) is 18.8. The zero-order valence-corrected chi connectivity index (χ0v) is 18.8. The molecule has 1 aliphatic heterocycles. The summed E-state index contributed by atoms with van der Waals surface area (Å²) >= 11 is 0. The summed E-state index contributed by atoms with van der Waals surface area (Å²) in [6, 6.07) is 9.15. The maximum atomic E-state index is 13.0. The molecule has 2 atom stereocenters. The Labute approximate surface area is 186 Å². The van der Waals surface area contributed by atoms with E-state index in [0.29, 0.717) is 25.8 Å². The molecule has 1 aromatic rings. The van der Waals surface area contributed by atoms with Crippen molar-refractivity contribution in [3.05, 3.63) is 35.9 Å². The van der Waals surface area contributed by atoms with E-state index in [1.165, 1.54) is 12.8 Å². The van der Waals surface area contributed by atoms with Gasteiger partial charge < -0.3 is 21.1 Å². The van der Waals surface area contributed by atoms with Crippen LogP contribution in [-0.4, -0.2) is 61.3 Å². The van der Waals surface area contributed by atoms with Crippen LogP contribution in [0.4, 0.5) is 0 Å². The van der Waals surface area contributed by atoms with Crippen LogP contribution in [0.5, 0.6) is 0 Å². The summed E-state index contributed by atoms with van der Waals surface area (Å²) in [5.74, 6) is -0.363. The molecule has 1 aromatic carbocycles. The molecule has 1 heterocycles. The Morgan fingerprint density at radius 2 is 1.94 bits per heavy atom. The molecular weight excluding hydrogens is 392 g/mol. The number of nitrogens with two attached hydrogens (primary N) is 1. The Hall–Kier alpha value is -1.96. The number of nitrogens with one attached hydrogen (secondary N) is 2. The molecule has 2 fully saturated rings. The van der Waals surface area contributed by atoms with Crippen molar-refractivity contribution in [1.29, 1.82) is 0 Å². The number of ether oxygens (including phenoxy) is 1. The van der Waals surface area contributed by atoms with E-state index in [4.69, 9.17) is 10.5 Å². The van der Waals surface area contributed by atoms with Crippen molar-refractivity contribution >= 4 is 11.8 Å². The first-order valence-electron chi connectivity index (χ1n) is 11.7. The lowest BCUT2D eigenvalue weighted by Gasteiger charge is -2.34. The molecule has 1 saturated heterocycles. The molecular formula is C24H38N4O3. The van der Waals surface area contributed by atoms with Gasteiger partial charge in [0.15, 0.2) is 0 Å². The first-order valence-corrected chi connectivity index (χ1v) is 11.7. The van der Waals surface area contributed by atoms with Crippen molar-refractivity contribution in [2.75, 3.05) is 26.7 Å². The molecule has 1 saturated carbocycles. The smallest absolute Gasteiger partial charge is 0.242 e. The van der Waals surface area contributed by atoms with Gasteiger partial charge in [-0.1, -0.05) is 43.2 Å². The molecule has 4 N–H and O–H groups in total. The lowest BCUT2D eigenvalue weighted by atomic mass is 9.96. The van der Waals surface area contributed by atoms with Gasteiger partial charge in [0.1, 0.15) is 12.3 Å². The van der Waals surface area contributed by atoms with E-state index in [9.17, 15) is 9.59 Å². The van der Waals surface area contributed by atoms with Crippen molar-refractivity contribution in [2.24, 2.45) is 5.73 Å². The molecule has 3 rings (SSSR count). The number of piperidine rings is 1. The Morgan fingerprint density at radius 1 is 1.19 bits per heavy atom. The topological polar surface area (TPSA) is 96.7 Å². The Morgan fingerprint density at radius 3 is 2.65 bits per heavy atom. The zero-order chi connectivity index (χ0) is 22.1. The lowest BCUT2D eigenvalue weighted by molar-refractivity contribution is -0.131. The van der Waals surface area contributed by atoms with E-state index in [-0.39, 0.29) is 18.0 Å². The van der Waals surface area contributed by atoms with Crippen molar-refractivity contribution in [2.45, 2.75) is 75.6 Å². The van der Waals surface area contributed by atoms with Crippen LogP contribution in [0.15, 0.2) is 30.3 Å². The van der Waals surface area contributed by atoms with Crippen LogP contribution in [0.3, 0.4) is 0 Å². The van der Waals surface area contributed by atoms with Crippen LogP contribution in [0.25, 0.3) is 0 Å². The average Bonchev–Trinajstić information content (AvgIpc) is 3.25. The van der Waals surface area contributed by atoms with E-state index in [2.05, 4.69) is 15.5 Å². The minimum Gasteiger partial charge on any atom is -0.366 e. The molecule has 1 unspecified atom stereocenters. The van der Waals surface area contributed by atoms with Gasteiger partial charge in [-0.3, -0.25) is 14.5 Å². The summed E-state index contributed by atoms with van der Waals surface area (Å²) in [5, 5.41) is 5.97. The normalized spacial score (nSPS) is 22.1. The number of benzene rings is 1. The van der Waals surface area contributed by atoms with Gasteiger partial charge in [-0.05, 0) is 44.1 Å². The van der Waals surface area contributed by atoms with Crippen LogP contribution in [0.1, 0.15) is 56.9 Å². The van der Waals surface area contributed by atoms with E-state index < -0.39 is 11.6 Å². The molecule has 0 spiro atoms. The lowest BCUT2D eigenvalue weighted by Crippen LogP contribution is -2.58. The number of likely N-dealkylation sites (tertiary alicyclic amines) is 1. The minimum atomic E-state index is -0.849. The highest BCUT2D eigenvalue weighted by molar-refractivity contribution is 5.92. The number of amides is 2. The highest BCUT2D eigenvalue weighted by atomic mass is 16.5. The number of carbonyl (C=O) groups excluding carboxylic acids is 2. The van der Waals surface area contributed by atoms with Gasteiger partial charge in [0.05, 0.1) is 5.54 Å². The summed E-state index contributed by atoms with van der Waals surface area (Å²) in [6.45, 7) is 2.50. The third-order valence-electron chi connectivity index (χ3n) is 6.60. The van der Waals surface area contributed by atoms with Gasteiger partial charge >= 0.3 is 0 Å². The molecule has 31 heavy (non-hydrogen) atoms. The van der Waals surface area contributed by atoms with Crippen LogP contribution in [0.2, 0.25) is 0 Å². The summed E-state index contributed by atoms with van der Waals surface area (Å²) in [6.07, 6.45) is 8.20. The first-order chi connectivity index (χ1) is 15.0. The molecule has 0 radical (unpaired) electrons. The second-order valence-electron chi connectivity index (χ2n) is 8.95. The molecule has 7 nitrogen and oxygen atoms in total. The molecule has 2 aliphatic rings. The summed E-state index contributed by atoms with van der Waals surface area (Å²) in [5.41, 5.74) is 6.48. The predicted octanol–water partition coefficient (Wildman–Crippen LogP) is 1.95. The molecule has 1 aliphatic carbocycles. The van der Waals surface area contributed by atoms with Crippen LogP contribution in [0, 0.1) is 0 Å². The third kappa shape index (κ3) is 6.76. The van der Waals surface area contributed by atoms with Crippen molar-refractivity contribution in [1.82, 2.24) is 15.5 Å². The fourth-order valence-corrected chi connectivity index (χ4v) is 4.69. The second-order valence-corrected chi connectivity index (χ2v) is 8.95. The Bertz CT molecular complexity index is 706. The summed E-state index contributed by atoms with van der Waals surface area (Å²) in [4.78, 5) is 28.2. The summed E-state index contributed by atoms with van der Waals surface area (Å²) in [7, 11) is 1.76. The molecule has 0 aromatic heterocycles. The summed E-state index contributed by atoms with van der Waals surface area (Å²) < 4.78 is 5.57. The van der Waals surface area contributed by atoms with E-state index in [1.807, 2.05) is 30.3 Å². The van der Waals surface area contributed by atoms with Gasteiger partial charge in [0.2, 0.25) is 11.8 Å². The maximum Gasteiger partial charge on any atom is 0.242 e. The second kappa shape index (κ2) is 11.6. The Kier molecular flexibility index (Phi) is 8.87. The van der Waals surface area contributed by atoms with Gasteiger partial charge in [-0.2, -0.15) is 0 Å². The highest BCUT2D eigenvalue weighted by Crippen LogP contribution is 2.27. The minimum absolute atomic E-state index is 0.152. The number of hydrogen-bond acceptors (Lipinski definition) is 5. The number of methoxy groups -OCH3 is 1. The van der Waals surface area contributed by atoms with Gasteiger partial charge in [0.25, 0.3) is 0 Å². The van der Waals surface area contributed by atoms with Gasteiger partial charge in [-0.15, -0.1) is 0 Å². The van der Waals surface area contributed by atoms with Crippen LogP contribution < -0.4 is 16.4 Å². The van der Waals surface area contributed by atoms with Crippen LogP contribution in [-0.2, 0) is 20.7 Å². The van der Waals surface area contributed by atoms with Crippen molar-refractivity contribution in [3.8, 4) is 0 Å². The predicted molar refractivity (Wildman–Crippen MR) is 121 cm³/mol. The van der Waals surface area contributed by atoms with Gasteiger partial charge in [-0.25, -0.2) is 0 Å².